The molecule has 0 bridgehead atoms. The first-order valence-corrected chi connectivity index (χ1v) is 10.4. The highest BCUT2D eigenvalue weighted by Gasteiger charge is 2.19. The van der Waals surface area contributed by atoms with Gasteiger partial charge in [-0.15, -0.1) is 24.0 Å². The summed E-state index contributed by atoms with van der Waals surface area (Å²) in [7, 11) is 1.86. The Balaban J connectivity index is 0.00000312. The second kappa shape index (κ2) is 13.7. The number of guanidine groups is 1. The molecule has 1 saturated heterocycles. The van der Waals surface area contributed by atoms with E-state index in [4.69, 9.17) is 0 Å². The van der Waals surface area contributed by atoms with E-state index in [-0.39, 0.29) is 24.0 Å². The maximum Gasteiger partial charge on any atom is 0.191 e. The van der Waals surface area contributed by atoms with Gasteiger partial charge in [-0.05, 0) is 43.3 Å². The van der Waals surface area contributed by atoms with Crippen LogP contribution in [-0.2, 0) is 6.54 Å². The Morgan fingerprint density at radius 3 is 2.56 bits per heavy atom. The van der Waals surface area contributed by atoms with Gasteiger partial charge in [0.2, 0.25) is 0 Å². The Kier molecular flexibility index (Phi) is 12.4. The SMILES string of the molecule is CN=C(NCCCCSC)NC1CCN(Cc2ccccc2)CC1.I. The summed E-state index contributed by atoms with van der Waals surface area (Å²) in [5.41, 5.74) is 1.41. The molecule has 142 valence electrons. The number of hydrogen-bond donors (Lipinski definition) is 2. The molecule has 0 saturated carbocycles. The number of hydrogen-bond acceptors (Lipinski definition) is 3. The zero-order valence-corrected chi connectivity index (χ0v) is 18.7. The number of halogens is 1. The first-order valence-electron chi connectivity index (χ1n) is 9.04. The Hall–Kier alpha value is -0.470. The van der Waals surface area contributed by atoms with Crippen molar-refractivity contribution in [3.63, 3.8) is 0 Å². The van der Waals surface area contributed by atoms with Gasteiger partial charge in [-0.3, -0.25) is 9.89 Å². The lowest BCUT2D eigenvalue weighted by molar-refractivity contribution is 0.198. The van der Waals surface area contributed by atoms with Gasteiger partial charge in [0.1, 0.15) is 0 Å². The van der Waals surface area contributed by atoms with Crippen LogP contribution in [0.4, 0.5) is 0 Å². The van der Waals surface area contributed by atoms with E-state index in [1.54, 1.807) is 0 Å². The van der Waals surface area contributed by atoms with Gasteiger partial charge in [0, 0.05) is 39.3 Å². The van der Waals surface area contributed by atoms with Crippen LogP contribution in [0.1, 0.15) is 31.2 Å². The summed E-state index contributed by atoms with van der Waals surface area (Å²) < 4.78 is 0. The first-order chi connectivity index (χ1) is 11.8. The van der Waals surface area contributed by atoms with E-state index in [1.165, 1.54) is 37.0 Å². The molecule has 1 fully saturated rings. The van der Waals surface area contributed by atoms with Crippen molar-refractivity contribution in [1.82, 2.24) is 15.5 Å². The number of nitrogens with zero attached hydrogens (tertiary/aromatic N) is 2. The number of unbranched alkanes of at least 4 members (excludes halogenated alkanes) is 1. The molecule has 1 aliphatic rings. The largest absolute Gasteiger partial charge is 0.356 e. The molecule has 2 N–H and O–H groups in total. The molecule has 2 rings (SSSR count). The molecule has 0 aliphatic carbocycles. The summed E-state index contributed by atoms with van der Waals surface area (Å²) >= 11 is 1.92. The summed E-state index contributed by atoms with van der Waals surface area (Å²) in [5, 5.41) is 7.03. The van der Waals surface area contributed by atoms with E-state index in [1.807, 2.05) is 18.8 Å². The monoisotopic (exact) mass is 476 g/mol. The molecule has 25 heavy (non-hydrogen) atoms. The van der Waals surface area contributed by atoms with Crippen LogP contribution in [0, 0.1) is 0 Å². The zero-order valence-electron chi connectivity index (χ0n) is 15.5. The molecule has 0 spiro atoms. The molecule has 0 amide bonds. The van der Waals surface area contributed by atoms with Crippen LogP contribution in [-0.4, -0.2) is 55.6 Å². The van der Waals surface area contributed by atoms with Gasteiger partial charge < -0.3 is 10.6 Å². The van der Waals surface area contributed by atoms with Crippen LogP contribution in [0.25, 0.3) is 0 Å². The summed E-state index contributed by atoms with van der Waals surface area (Å²) in [5.74, 6) is 2.20. The van der Waals surface area contributed by atoms with E-state index >= 15 is 0 Å². The van der Waals surface area contributed by atoms with Crippen molar-refractivity contribution in [2.75, 3.05) is 38.7 Å². The fourth-order valence-corrected chi connectivity index (χ4v) is 3.54. The quantitative estimate of drug-likeness (QED) is 0.261. The van der Waals surface area contributed by atoms with Crippen LogP contribution in [0.3, 0.4) is 0 Å². The summed E-state index contributed by atoms with van der Waals surface area (Å²) in [4.78, 5) is 6.91. The van der Waals surface area contributed by atoms with E-state index < -0.39 is 0 Å². The number of aliphatic imine (C=N–C) groups is 1. The van der Waals surface area contributed by atoms with Crippen LogP contribution in [0.2, 0.25) is 0 Å². The van der Waals surface area contributed by atoms with Gasteiger partial charge in [0.25, 0.3) is 0 Å². The lowest BCUT2D eigenvalue weighted by Gasteiger charge is -2.33. The van der Waals surface area contributed by atoms with Gasteiger partial charge in [0.05, 0.1) is 0 Å². The maximum atomic E-state index is 4.36. The van der Waals surface area contributed by atoms with E-state index in [2.05, 4.69) is 57.1 Å². The number of piperidine rings is 1. The smallest absolute Gasteiger partial charge is 0.191 e. The topological polar surface area (TPSA) is 39.7 Å². The van der Waals surface area contributed by atoms with Crippen molar-refractivity contribution in [1.29, 1.82) is 0 Å². The minimum absolute atomic E-state index is 0. The Labute approximate surface area is 174 Å². The standard InChI is InChI=1S/C19H32N4S.HI/c1-20-19(21-12-6-7-15-24-2)22-18-10-13-23(14-11-18)16-17-8-4-3-5-9-17;/h3-5,8-9,18H,6-7,10-16H2,1-2H3,(H2,20,21,22);1H. The van der Waals surface area contributed by atoms with Crippen LogP contribution < -0.4 is 10.6 Å². The second-order valence-electron chi connectivity index (χ2n) is 6.38. The highest BCUT2D eigenvalue weighted by Crippen LogP contribution is 2.13. The summed E-state index contributed by atoms with van der Waals surface area (Å²) in [6.45, 7) is 4.37. The average molecular weight is 476 g/mol. The lowest BCUT2D eigenvalue weighted by atomic mass is 10.0. The Morgan fingerprint density at radius 2 is 1.92 bits per heavy atom. The highest BCUT2D eigenvalue weighted by molar-refractivity contribution is 14.0. The van der Waals surface area contributed by atoms with E-state index in [0.29, 0.717) is 6.04 Å². The van der Waals surface area contributed by atoms with Crippen LogP contribution in [0.15, 0.2) is 35.3 Å². The van der Waals surface area contributed by atoms with Gasteiger partial charge in [-0.25, -0.2) is 0 Å². The van der Waals surface area contributed by atoms with Crippen LogP contribution in [0.5, 0.6) is 0 Å². The van der Waals surface area contributed by atoms with Crippen molar-refractivity contribution < 1.29 is 0 Å². The van der Waals surface area contributed by atoms with Crippen molar-refractivity contribution in [3.05, 3.63) is 35.9 Å². The lowest BCUT2D eigenvalue weighted by Crippen LogP contribution is -2.48. The number of nitrogens with one attached hydrogen (secondary N) is 2. The molecule has 0 radical (unpaired) electrons. The third kappa shape index (κ3) is 9.15. The second-order valence-corrected chi connectivity index (χ2v) is 7.36. The molecule has 4 nitrogen and oxygen atoms in total. The highest BCUT2D eigenvalue weighted by atomic mass is 127. The molecule has 6 heteroatoms. The van der Waals surface area contributed by atoms with Crippen molar-refractivity contribution in [2.24, 2.45) is 4.99 Å². The van der Waals surface area contributed by atoms with Gasteiger partial charge >= 0.3 is 0 Å². The zero-order chi connectivity index (χ0) is 17.0. The molecular weight excluding hydrogens is 443 g/mol. The van der Waals surface area contributed by atoms with E-state index in [0.717, 1.165) is 32.1 Å². The van der Waals surface area contributed by atoms with Gasteiger partial charge in [0.15, 0.2) is 5.96 Å². The summed E-state index contributed by atoms with van der Waals surface area (Å²) in [6, 6.07) is 11.3. The predicted molar refractivity (Wildman–Crippen MR) is 122 cm³/mol. The maximum absolute atomic E-state index is 4.36. The molecular formula is C19H33IN4S. The van der Waals surface area contributed by atoms with Crippen molar-refractivity contribution in [2.45, 2.75) is 38.3 Å². The number of benzene rings is 1. The van der Waals surface area contributed by atoms with Gasteiger partial charge in [-0.2, -0.15) is 11.8 Å². The molecule has 0 aromatic heterocycles. The van der Waals surface area contributed by atoms with Crippen molar-refractivity contribution >= 4 is 41.7 Å². The molecule has 1 aliphatic heterocycles. The fraction of sp³-hybridized carbons (Fsp3) is 0.632. The third-order valence-corrected chi connectivity index (χ3v) is 5.17. The number of thioether (sulfide) groups is 1. The van der Waals surface area contributed by atoms with Crippen molar-refractivity contribution in [3.8, 4) is 0 Å². The minimum atomic E-state index is 0. The number of rotatable bonds is 8. The molecule has 1 aromatic carbocycles. The Morgan fingerprint density at radius 1 is 1.20 bits per heavy atom. The predicted octanol–water partition coefficient (Wildman–Crippen LogP) is 3.58. The molecule has 1 heterocycles. The molecule has 1 aromatic rings. The molecule has 0 unspecified atom stereocenters. The molecule has 0 atom stereocenters. The third-order valence-electron chi connectivity index (χ3n) is 4.47. The fourth-order valence-electron chi connectivity index (χ4n) is 3.04. The van der Waals surface area contributed by atoms with Crippen LogP contribution >= 0.6 is 35.7 Å². The van der Waals surface area contributed by atoms with E-state index in [9.17, 15) is 0 Å². The summed E-state index contributed by atoms with van der Waals surface area (Å²) in [6.07, 6.45) is 7.00. The van der Waals surface area contributed by atoms with Gasteiger partial charge in [-0.1, -0.05) is 30.3 Å². The normalized spacial score (nSPS) is 16.3. The minimum Gasteiger partial charge on any atom is -0.356 e. The Bertz CT molecular complexity index is 476. The number of likely N-dealkylation sites (tertiary alicyclic amines) is 1. The first kappa shape index (κ1) is 22.6. The average Bonchev–Trinajstić information content (AvgIpc) is 2.63.